The molecule has 1 aliphatic heterocycles. The molecule has 0 saturated heterocycles. The van der Waals surface area contributed by atoms with Crippen molar-refractivity contribution in [2.75, 3.05) is 16.8 Å². The fourth-order valence-corrected chi connectivity index (χ4v) is 3.35. The molecule has 0 saturated carbocycles. The lowest BCUT2D eigenvalue weighted by molar-refractivity contribution is 0.625. The van der Waals surface area contributed by atoms with Crippen molar-refractivity contribution in [1.29, 1.82) is 0 Å². The standard InChI is InChI=1S/C21H22FN5/c1-14-3-6-20(23-10-14)27-8-7-19-18(12-27)21(26-13-25-19)24-11-16-9-17(22)5-4-15(16)2/h3-6,9-10,13H,7-8,11-12H2,1-2H3,(H,24,25,26). The largest absolute Gasteiger partial charge is 0.366 e. The Kier molecular flexibility index (Phi) is 4.71. The lowest BCUT2D eigenvalue weighted by Crippen LogP contribution is -2.32. The quantitative estimate of drug-likeness (QED) is 0.764. The molecule has 3 heterocycles. The van der Waals surface area contributed by atoms with Crippen molar-refractivity contribution in [2.24, 2.45) is 0 Å². The summed E-state index contributed by atoms with van der Waals surface area (Å²) in [5.74, 6) is 1.54. The third-order valence-corrected chi connectivity index (χ3v) is 4.98. The van der Waals surface area contributed by atoms with E-state index in [1.165, 1.54) is 6.07 Å². The van der Waals surface area contributed by atoms with Crippen molar-refractivity contribution in [1.82, 2.24) is 15.0 Å². The summed E-state index contributed by atoms with van der Waals surface area (Å²) in [4.78, 5) is 15.7. The minimum absolute atomic E-state index is 0.223. The Morgan fingerprint density at radius 2 is 2.00 bits per heavy atom. The number of nitrogens with zero attached hydrogens (tertiary/aromatic N) is 4. The minimum Gasteiger partial charge on any atom is -0.366 e. The van der Waals surface area contributed by atoms with Crippen molar-refractivity contribution in [3.8, 4) is 0 Å². The Morgan fingerprint density at radius 1 is 1.11 bits per heavy atom. The highest BCUT2D eigenvalue weighted by Crippen LogP contribution is 2.26. The molecule has 1 aliphatic rings. The van der Waals surface area contributed by atoms with Gasteiger partial charge in [0.1, 0.15) is 23.8 Å². The molecule has 0 radical (unpaired) electrons. The second-order valence-electron chi connectivity index (χ2n) is 6.94. The number of anilines is 2. The van der Waals surface area contributed by atoms with Crippen LogP contribution in [0.25, 0.3) is 0 Å². The maximum atomic E-state index is 13.5. The highest BCUT2D eigenvalue weighted by atomic mass is 19.1. The van der Waals surface area contributed by atoms with Crippen LogP contribution in [0.5, 0.6) is 0 Å². The number of pyridine rings is 1. The van der Waals surface area contributed by atoms with Gasteiger partial charge in [0.2, 0.25) is 0 Å². The van der Waals surface area contributed by atoms with E-state index in [1.54, 1.807) is 18.5 Å². The third-order valence-electron chi connectivity index (χ3n) is 4.98. The van der Waals surface area contributed by atoms with Crippen molar-refractivity contribution < 1.29 is 4.39 Å². The van der Waals surface area contributed by atoms with Crippen LogP contribution in [-0.2, 0) is 19.5 Å². The van der Waals surface area contributed by atoms with Crippen molar-refractivity contribution in [3.63, 3.8) is 0 Å². The van der Waals surface area contributed by atoms with Gasteiger partial charge in [-0.2, -0.15) is 0 Å². The molecule has 138 valence electrons. The SMILES string of the molecule is Cc1ccc(N2CCc3ncnc(NCc4cc(F)ccc4C)c3C2)nc1. The molecule has 27 heavy (non-hydrogen) atoms. The number of halogens is 1. The van der Waals surface area contributed by atoms with Crippen LogP contribution >= 0.6 is 0 Å². The summed E-state index contributed by atoms with van der Waals surface area (Å²) in [6.45, 7) is 6.12. The van der Waals surface area contributed by atoms with Crippen molar-refractivity contribution in [2.45, 2.75) is 33.4 Å². The molecule has 5 nitrogen and oxygen atoms in total. The summed E-state index contributed by atoms with van der Waals surface area (Å²) in [7, 11) is 0. The van der Waals surface area contributed by atoms with Gasteiger partial charge in [-0.1, -0.05) is 12.1 Å². The Bertz CT molecular complexity index is 955. The lowest BCUT2D eigenvalue weighted by Gasteiger charge is -2.30. The smallest absolute Gasteiger partial charge is 0.134 e. The molecule has 0 atom stereocenters. The number of aryl methyl sites for hydroxylation is 2. The summed E-state index contributed by atoms with van der Waals surface area (Å²) >= 11 is 0. The second-order valence-corrected chi connectivity index (χ2v) is 6.94. The van der Waals surface area contributed by atoms with Crippen LogP contribution in [0.15, 0.2) is 42.9 Å². The Hall–Kier alpha value is -3.02. The van der Waals surface area contributed by atoms with Gasteiger partial charge >= 0.3 is 0 Å². The summed E-state index contributed by atoms with van der Waals surface area (Å²) in [5, 5.41) is 3.37. The van der Waals surface area contributed by atoms with Gasteiger partial charge in [-0.15, -0.1) is 0 Å². The topological polar surface area (TPSA) is 53.9 Å². The molecule has 6 heteroatoms. The summed E-state index contributed by atoms with van der Waals surface area (Å²) in [6.07, 6.45) is 4.33. The number of hydrogen-bond acceptors (Lipinski definition) is 5. The molecule has 0 spiro atoms. The van der Waals surface area contributed by atoms with Crippen LogP contribution in [0.4, 0.5) is 16.0 Å². The molecule has 0 aliphatic carbocycles. The van der Waals surface area contributed by atoms with Crippen molar-refractivity contribution in [3.05, 3.63) is 76.6 Å². The molecule has 0 bridgehead atoms. The van der Waals surface area contributed by atoms with Gasteiger partial charge in [0.15, 0.2) is 0 Å². The van der Waals surface area contributed by atoms with Gasteiger partial charge in [-0.25, -0.2) is 19.3 Å². The Balaban J connectivity index is 1.56. The van der Waals surface area contributed by atoms with E-state index in [9.17, 15) is 4.39 Å². The maximum absolute atomic E-state index is 13.5. The van der Waals surface area contributed by atoms with Crippen LogP contribution < -0.4 is 10.2 Å². The van der Waals surface area contributed by atoms with Crippen LogP contribution in [0.1, 0.15) is 27.9 Å². The number of hydrogen-bond donors (Lipinski definition) is 1. The van der Waals surface area contributed by atoms with Crippen molar-refractivity contribution >= 4 is 11.6 Å². The fourth-order valence-electron chi connectivity index (χ4n) is 3.35. The zero-order valence-electron chi connectivity index (χ0n) is 15.5. The summed E-state index contributed by atoms with van der Waals surface area (Å²) in [5.41, 5.74) is 5.27. The normalized spacial score (nSPS) is 13.4. The zero-order valence-corrected chi connectivity index (χ0v) is 15.5. The molecule has 1 N–H and O–H groups in total. The lowest BCUT2D eigenvalue weighted by atomic mass is 10.1. The average Bonchev–Trinajstić information content (AvgIpc) is 2.69. The maximum Gasteiger partial charge on any atom is 0.134 e. The van der Waals surface area contributed by atoms with E-state index in [-0.39, 0.29) is 5.82 Å². The predicted molar refractivity (Wildman–Crippen MR) is 104 cm³/mol. The highest BCUT2D eigenvalue weighted by Gasteiger charge is 2.22. The summed E-state index contributed by atoms with van der Waals surface area (Å²) in [6, 6.07) is 8.97. The zero-order chi connectivity index (χ0) is 18.8. The van der Waals surface area contributed by atoms with E-state index in [0.717, 1.165) is 52.5 Å². The molecule has 2 aromatic heterocycles. The third kappa shape index (κ3) is 3.74. The van der Waals surface area contributed by atoms with E-state index in [1.807, 2.05) is 26.1 Å². The van der Waals surface area contributed by atoms with E-state index >= 15 is 0 Å². The van der Waals surface area contributed by atoms with E-state index < -0.39 is 0 Å². The first-order chi connectivity index (χ1) is 13.1. The number of rotatable bonds is 4. The fraction of sp³-hybridized carbons (Fsp3) is 0.286. The van der Waals surface area contributed by atoms with Gasteiger partial charge < -0.3 is 10.2 Å². The molecule has 3 aromatic rings. The van der Waals surface area contributed by atoms with Gasteiger partial charge in [-0.3, -0.25) is 0 Å². The predicted octanol–water partition coefficient (Wildman–Crippen LogP) is 3.80. The van der Waals surface area contributed by atoms with Gasteiger partial charge in [0, 0.05) is 37.8 Å². The van der Waals surface area contributed by atoms with Crippen LogP contribution in [-0.4, -0.2) is 21.5 Å². The van der Waals surface area contributed by atoms with Crippen LogP contribution in [0.2, 0.25) is 0 Å². The molecular weight excluding hydrogens is 341 g/mol. The van der Waals surface area contributed by atoms with Crippen LogP contribution in [0.3, 0.4) is 0 Å². The molecule has 0 amide bonds. The van der Waals surface area contributed by atoms with E-state index in [2.05, 4.69) is 31.2 Å². The van der Waals surface area contributed by atoms with E-state index in [0.29, 0.717) is 13.1 Å². The highest BCUT2D eigenvalue weighted by molar-refractivity contribution is 5.52. The van der Waals surface area contributed by atoms with E-state index in [4.69, 9.17) is 0 Å². The van der Waals surface area contributed by atoms with Gasteiger partial charge in [-0.05, 0) is 48.7 Å². The first-order valence-corrected chi connectivity index (χ1v) is 9.09. The van der Waals surface area contributed by atoms with Gasteiger partial charge in [0.25, 0.3) is 0 Å². The van der Waals surface area contributed by atoms with Crippen LogP contribution in [0, 0.1) is 19.7 Å². The minimum atomic E-state index is -0.223. The molecular formula is C21H22FN5. The first-order valence-electron chi connectivity index (χ1n) is 9.09. The number of benzene rings is 1. The Morgan fingerprint density at radius 3 is 2.81 bits per heavy atom. The van der Waals surface area contributed by atoms with Gasteiger partial charge in [0.05, 0.1) is 5.69 Å². The molecule has 0 fully saturated rings. The second kappa shape index (κ2) is 7.31. The molecule has 0 unspecified atom stereocenters. The molecule has 4 rings (SSSR count). The summed E-state index contributed by atoms with van der Waals surface area (Å²) < 4.78 is 13.5. The number of nitrogens with one attached hydrogen (secondary N) is 1. The monoisotopic (exact) mass is 363 g/mol. The molecule has 1 aromatic carbocycles. The number of aromatic nitrogens is 3. The average molecular weight is 363 g/mol. The first kappa shape index (κ1) is 17.4. The Labute approximate surface area is 158 Å². The number of fused-ring (bicyclic) bond motifs is 1.